The van der Waals surface area contributed by atoms with Gasteiger partial charge in [-0.1, -0.05) is 61.2 Å². The molecule has 4 fully saturated rings. The molecule has 4 saturated carbocycles. The van der Waals surface area contributed by atoms with Gasteiger partial charge in [-0.25, -0.2) is 9.18 Å². The lowest BCUT2D eigenvalue weighted by molar-refractivity contribution is -0.216. The summed E-state index contributed by atoms with van der Waals surface area (Å²) in [6.07, 6.45) is 4.13. The van der Waals surface area contributed by atoms with Gasteiger partial charge in [0.05, 0.1) is 5.41 Å². The Bertz CT molecular complexity index is 1640. The Morgan fingerprint density at radius 1 is 0.974 bits per heavy atom. The van der Waals surface area contributed by atoms with Crippen molar-refractivity contribution in [2.24, 2.45) is 17.3 Å². The fraction of sp³-hybridized carbons (Fsp3) is 0.394. The van der Waals surface area contributed by atoms with Crippen molar-refractivity contribution in [3.05, 3.63) is 72.3 Å². The van der Waals surface area contributed by atoms with Crippen molar-refractivity contribution in [1.29, 1.82) is 0 Å². The van der Waals surface area contributed by atoms with Crippen molar-refractivity contribution in [2.45, 2.75) is 62.7 Å². The van der Waals surface area contributed by atoms with Crippen LogP contribution in [0.25, 0.3) is 32.3 Å². The average molecular weight is 543 g/mol. The summed E-state index contributed by atoms with van der Waals surface area (Å²) < 4.78 is 26.9. The van der Waals surface area contributed by atoms with Crippen LogP contribution in [0.15, 0.2) is 66.7 Å². The van der Waals surface area contributed by atoms with Gasteiger partial charge in [-0.15, -0.1) is 12.6 Å². The second-order valence-electron chi connectivity index (χ2n) is 12.4. The van der Waals surface area contributed by atoms with Crippen LogP contribution < -0.4 is 0 Å². The van der Waals surface area contributed by atoms with Gasteiger partial charge >= 0.3 is 11.9 Å². The number of rotatable bonds is 6. The van der Waals surface area contributed by atoms with Crippen LogP contribution in [-0.4, -0.2) is 22.5 Å². The van der Waals surface area contributed by atoms with Gasteiger partial charge in [-0.05, 0) is 94.3 Å². The second kappa shape index (κ2) is 8.44. The van der Waals surface area contributed by atoms with E-state index in [-0.39, 0.29) is 30.0 Å². The molecule has 4 nitrogen and oxygen atoms in total. The molecule has 200 valence electrons. The largest absolute Gasteiger partial charge is 0.460 e. The molecule has 0 N–H and O–H groups in total. The molecule has 4 bridgehead atoms. The van der Waals surface area contributed by atoms with Crippen LogP contribution in [0.3, 0.4) is 0 Å². The van der Waals surface area contributed by atoms with Crippen LogP contribution in [0.1, 0.15) is 51.0 Å². The van der Waals surface area contributed by atoms with Crippen LogP contribution >= 0.6 is 12.6 Å². The Morgan fingerprint density at radius 2 is 1.59 bits per heavy atom. The van der Waals surface area contributed by atoms with E-state index >= 15 is 0 Å². The molecule has 0 aliphatic heterocycles. The van der Waals surface area contributed by atoms with Gasteiger partial charge in [0.25, 0.3) is 5.00 Å². The SMILES string of the molecule is C=C(C)C(F)(S)C(=O)OC12CC3CC(C1)CC(C(=O)OCc1ccc4ccc5cccc6ccc1c4c56)(C3)C2. The quantitative estimate of drug-likeness (QED) is 0.118. The highest BCUT2D eigenvalue weighted by atomic mass is 32.1. The number of carbonyl (C=O) groups excluding carboxylic acids is 2. The first-order valence-electron chi connectivity index (χ1n) is 13.7. The highest BCUT2D eigenvalue weighted by Gasteiger charge is 2.63. The van der Waals surface area contributed by atoms with Crippen LogP contribution in [0, 0.1) is 17.3 Å². The lowest BCUT2D eigenvalue weighted by Gasteiger charge is -2.59. The van der Waals surface area contributed by atoms with Gasteiger partial charge in [0.1, 0.15) is 12.2 Å². The number of carbonyl (C=O) groups is 2. The number of ether oxygens (including phenoxy) is 2. The van der Waals surface area contributed by atoms with Gasteiger partial charge in [0.15, 0.2) is 0 Å². The van der Waals surface area contributed by atoms with E-state index in [1.54, 1.807) is 0 Å². The predicted molar refractivity (Wildman–Crippen MR) is 154 cm³/mol. The highest BCUT2D eigenvalue weighted by molar-refractivity contribution is 7.82. The van der Waals surface area contributed by atoms with Crippen molar-refractivity contribution in [3.8, 4) is 0 Å². The Kier molecular flexibility index (Phi) is 5.39. The van der Waals surface area contributed by atoms with Gasteiger partial charge in [-0.2, -0.15) is 0 Å². The second-order valence-corrected chi connectivity index (χ2v) is 13.0. The molecule has 4 aromatic rings. The fourth-order valence-corrected chi connectivity index (χ4v) is 8.24. The Labute approximate surface area is 232 Å². The average Bonchev–Trinajstić information content (AvgIpc) is 2.89. The molecule has 4 aliphatic carbocycles. The zero-order valence-corrected chi connectivity index (χ0v) is 22.9. The summed E-state index contributed by atoms with van der Waals surface area (Å²) in [6, 6.07) is 19.0. The highest BCUT2D eigenvalue weighted by Crippen LogP contribution is 2.63. The van der Waals surface area contributed by atoms with E-state index in [1.807, 2.05) is 6.07 Å². The first-order chi connectivity index (χ1) is 18.6. The van der Waals surface area contributed by atoms with E-state index in [0.717, 1.165) is 35.6 Å². The van der Waals surface area contributed by atoms with Crippen molar-refractivity contribution in [1.82, 2.24) is 0 Å². The van der Waals surface area contributed by atoms with Crippen LogP contribution in [0.4, 0.5) is 4.39 Å². The number of esters is 2. The monoisotopic (exact) mass is 542 g/mol. The van der Waals surface area contributed by atoms with Crippen LogP contribution in [-0.2, 0) is 25.7 Å². The summed E-state index contributed by atoms with van der Waals surface area (Å²) in [5.41, 5.74) is -0.614. The molecule has 0 amide bonds. The van der Waals surface area contributed by atoms with E-state index in [1.165, 1.54) is 28.5 Å². The summed E-state index contributed by atoms with van der Waals surface area (Å²) in [5.74, 6) is -0.766. The Morgan fingerprint density at radius 3 is 2.26 bits per heavy atom. The molecule has 8 rings (SSSR count). The smallest absolute Gasteiger partial charge is 0.359 e. The minimum atomic E-state index is -2.55. The van der Waals surface area contributed by atoms with E-state index in [2.05, 4.69) is 67.7 Å². The first-order valence-corrected chi connectivity index (χ1v) is 14.2. The molecule has 0 spiro atoms. The zero-order chi connectivity index (χ0) is 27.2. The Balaban J connectivity index is 1.16. The topological polar surface area (TPSA) is 52.6 Å². The molecule has 3 unspecified atom stereocenters. The van der Waals surface area contributed by atoms with Crippen molar-refractivity contribution in [3.63, 3.8) is 0 Å². The number of hydrogen-bond donors (Lipinski definition) is 1. The third-order valence-electron chi connectivity index (χ3n) is 9.56. The van der Waals surface area contributed by atoms with Gasteiger partial charge < -0.3 is 9.47 Å². The fourth-order valence-electron chi connectivity index (χ4n) is 8.19. The van der Waals surface area contributed by atoms with Crippen molar-refractivity contribution >= 4 is 56.9 Å². The third-order valence-corrected chi connectivity index (χ3v) is 10.1. The lowest BCUT2D eigenvalue weighted by Crippen LogP contribution is -2.60. The minimum absolute atomic E-state index is 0.0111. The van der Waals surface area contributed by atoms with Gasteiger partial charge in [-0.3, -0.25) is 4.79 Å². The lowest BCUT2D eigenvalue weighted by atomic mass is 9.48. The first kappa shape index (κ1) is 24.9. The van der Waals surface area contributed by atoms with Crippen molar-refractivity contribution < 1.29 is 23.5 Å². The third kappa shape index (κ3) is 3.78. The zero-order valence-electron chi connectivity index (χ0n) is 22.0. The predicted octanol–water partition coefficient (Wildman–Crippen LogP) is 7.68. The van der Waals surface area contributed by atoms with E-state index in [9.17, 15) is 14.0 Å². The minimum Gasteiger partial charge on any atom is -0.460 e. The number of halogens is 1. The molecule has 4 aromatic carbocycles. The standard InChI is InChI=1S/C33H31FO4S/c1-19(2)33(34,39)30(36)38-32-15-20-12-21(16-32)14-31(13-20,18-32)29(35)37-17-25-9-8-24-7-6-22-4-3-5-23-10-11-26(25)28(24)27(22)23/h3-11,20-21,39H,1,12-18H2,2H3. The van der Waals surface area contributed by atoms with Gasteiger partial charge in [0, 0.05) is 6.42 Å². The van der Waals surface area contributed by atoms with Crippen LogP contribution in [0.5, 0.6) is 0 Å². The van der Waals surface area contributed by atoms with E-state index < -0.39 is 22.0 Å². The maximum absolute atomic E-state index is 14.9. The molecule has 0 saturated heterocycles. The summed E-state index contributed by atoms with van der Waals surface area (Å²) >= 11 is 3.89. The Hall–Kier alpha value is -3.12. The molecular weight excluding hydrogens is 511 g/mol. The maximum atomic E-state index is 14.9. The van der Waals surface area contributed by atoms with Crippen molar-refractivity contribution in [2.75, 3.05) is 0 Å². The molecule has 0 heterocycles. The molecule has 4 aliphatic rings. The number of thiol groups is 1. The van der Waals surface area contributed by atoms with E-state index in [4.69, 9.17) is 9.47 Å². The summed E-state index contributed by atoms with van der Waals surface area (Å²) in [6.45, 7) is 5.16. The number of hydrogen-bond acceptors (Lipinski definition) is 5. The molecule has 0 radical (unpaired) electrons. The molecule has 6 heteroatoms. The van der Waals surface area contributed by atoms with E-state index in [0.29, 0.717) is 19.3 Å². The molecule has 3 atom stereocenters. The van der Waals surface area contributed by atoms with Crippen LogP contribution in [0.2, 0.25) is 0 Å². The summed E-state index contributed by atoms with van der Waals surface area (Å²) in [4.78, 5) is 26.6. The number of alkyl halides is 1. The number of benzene rings is 4. The molecule has 0 aromatic heterocycles. The summed E-state index contributed by atoms with van der Waals surface area (Å²) in [7, 11) is 0. The summed E-state index contributed by atoms with van der Waals surface area (Å²) in [5, 5.41) is 4.51. The molecular formula is C33H31FO4S. The normalized spacial score (nSPS) is 29.1. The van der Waals surface area contributed by atoms with Gasteiger partial charge in [0.2, 0.25) is 0 Å². The maximum Gasteiger partial charge on any atom is 0.359 e. The molecule has 39 heavy (non-hydrogen) atoms.